The molecule has 0 aromatic heterocycles. The number of quaternary nitrogens is 1. The number of aliphatic carboxylic acids is 1. The van der Waals surface area contributed by atoms with E-state index in [1.165, 1.54) is 77.0 Å². The van der Waals surface area contributed by atoms with Crippen molar-refractivity contribution in [1.82, 2.24) is 0 Å². The highest BCUT2D eigenvalue weighted by molar-refractivity contribution is 5.70. The molecule has 5 nitrogen and oxygen atoms in total. The minimum absolute atomic E-state index is 0.236. The molecule has 0 N–H and O–H groups in total. The third-order valence-corrected chi connectivity index (χ3v) is 5.43. The highest BCUT2D eigenvalue weighted by Crippen LogP contribution is 2.14. The number of esters is 1. The zero-order chi connectivity index (χ0) is 22.7. The minimum atomic E-state index is -1.17. The smallest absolute Gasteiger partial charge is 0.306 e. The summed E-state index contributed by atoms with van der Waals surface area (Å²) >= 11 is 0. The summed E-state index contributed by atoms with van der Waals surface area (Å²) in [6, 6.07) is 0. The second kappa shape index (κ2) is 18.7. The molecule has 0 heterocycles. The number of carbonyl (C=O) groups is 2. The van der Waals surface area contributed by atoms with E-state index in [2.05, 4.69) is 6.92 Å². The van der Waals surface area contributed by atoms with Crippen molar-refractivity contribution in [3.63, 3.8) is 0 Å². The van der Waals surface area contributed by atoms with Crippen LogP contribution in [0.3, 0.4) is 0 Å². The Kier molecular flexibility index (Phi) is 18.0. The van der Waals surface area contributed by atoms with E-state index in [1.807, 2.05) is 21.1 Å². The van der Waals surface area contributed by atoms with Gasteiger partial charge in [-0.25, -0.2) is 0 Å². The predicted molar refractivity (Wildman–Crippen MR) is 122 cm³/mol. The van der Waals surface area contributed by atoms with E-state index in [4.69, 9.17) is 4.74 Å². The molecule has 0 rings (SSSR count). The van der Waals surface area contributed by atoms with Crippen molar-refractivity contribution < 1.29 is 23.9 Å². The molecule has 30 heavy (non-hydrogen) atoms. The van der Waals surface area contributed by atoms with Crippen molar-refractivity contribution in [2.45, 2.75) is 122 Å². The fourth-order valence-corrected chi connectivity index (χ4v) is 3.83. The lowest BCUT2D eigenvalue weighted by atomic mass is 10.0. The second-order valence-corrected chi connectivity index (χ2v) is 9.86. The third-order valence-electron chi connectivity index (χ3n) is 5.43. The first-order valence-corrected chi connectivity index (χ1v) is 12.4. The molecular formula is C25H49NO4. The van der Waals surface area contributed by atoms with E-state index in [-0.39, 0.29) is 12.4 Å². The van der Waals surface area contributed by atoms with Crippen LogP contribution in [-0.2, 0) is 14.3 Å². The predicted octanol–water partition coefficient (Wildman–Crippen LogP) is 5.01. The summed E-state index contributed by atoms with van der Waals surface area (Å²) < 4.78 is 5.93. The van der Waals surface area contributed by atoms with E-state index >= 15 is 0 Å². The number of carboxylic acids is 1. The van der Waals surface area contributed by atoms with Crippen LogP contribution >= 0.6 is 0 Å². The number of unbranched alkanes of at least 4 members (excludes halogenated alkanes) is 14. The van der Waals surface area contributed by atoms with E-state index in [0.29, 0.717) is 17.4 Å². The first-order chi connectivity index (χ1) is 14.2. The van der Waals surface area contributed by atoms with E-state index in [0.717, 1.165) is 19.3 Å². The Morgan fingerprint density at radius 3 is 1.50 bits per heavy atom. The minimum Gasteiger partial charge on any atom is -0.550 e. The van der Waals surface area contributed by atoms with Gasteiger partial charge in [-0.15, -0.1) is 0 Å². The van der Waals surface area contributed by atoms with Crippen molar-refractivity contribution in [3.05, 3.63) is 0 Å². The quantitative estimate of drug-likeness (QED) is 0.147. The highest BCUT2D eigenvalue weighted by Gasteiger charge is 2.22. The van der Waals surface area contributed by atoms with Gasteiger partial charge in [0.1, 0.15) is 6.54 Å². The topological polar surface area (TPSA) is 66.4 Å². The zero-order valence-corrected chi connectivity index (χ0v) is 20.4. The van der Waals surface area contributed by atoms with Gasteiger partial charge in [0, 0.05) is 18.8 Å². The van der Waals surface area contributed by atoms with Gasteiger partial charge < -0.3 is 19.1 Å². The molecule has 0 spiro atoms. The van der Waals surface area contributed by atoms with Gasteiger partial charge in [-0.2, -0.15) is 0 Å². The Morgan fingerprint density at radius 2 is 1.13 bits per heavy atom. The maximum atomic E-state index is 12.0. The van der Waals surface area contributed by atoms with Crippen LogP contribution in [-0.4, -0.2) is 50.2 Å². The molecule has 0 aromatic carbocycles. The Bertz CT molecular complexity index is 431. The molecule has 0 aliphatic carbocycles. The maximum Gasteiger partial charge on any atom is 0.306 e. The molecule has 5 heteroatoms. The number of hydrogen-bond donors (Lipinski definition) is 0. The Morgan fingerprint density at radius 1 is 0.733 bits per heavy atom. The van der Waals surface area contributed by atoms with Crippen LogP contribution in [0.4, 0.5) is 0 Å². The van der Waals surface area contributed by atoms with Gasteiger partial charge in [-0.3, -0.25) is 4.79 Å². The number of likely N-dealkylation sites (N-methyl/N-ethyl adjacent to an activating group) is 1. The molecule has 1 atom stereocenters. The largest absolute Gasteiger partial charge is 0.550 e. The molecular weight excluding hydrogens is 378 g/mol. The van der Waals surface area contributed by atoms with Gasteiger partial charge in [0.2, 0.25) is 0 Å². The molecule has 178 valence electrons. The lowest BCUT2D eigenvalue weighted by molar-refractivity contribution is -0.873. The van der Waals surface area contributed by atoms with Crippen LogP contribution in [0.1, 0.15) is 116 Å². The fourth-order valence-electron chi connectivity index (χ4n) is 3.83. The van der Waals surface area contributed by atoms with Gasteiger partial charge in [0.15, 0.2) is 6.10 Å². The molecule has 1 unspecified atom stereocenters. The second-order valence-electron chi connectivity index (χ2n) is 9.86. The van der Waals surface area contributed by atoms with E-state index in [1.54, 1.807) is 0 Å². The Labute approximate surface area is 186 Å². The Balaban J connectivity index is 3.56. The first kappa shape index (κ1) is 28.9. The van der Waals surface area contributed by atoms with Gasteiger partial charge >= 0.3 is 5.97 Å². The first-order valence-electron chi connectivity index (χ1n) is 12.4. The third kappa shape index (κ3) is 21.6. The van der Waals surface area contributed by atoms with E-state index < -0.39 is 12.1 Å². The molecule has 0 aliphatic rings. The van der Waals surface area contributed by atoms with E-state index in [9.17, 15) is 14.7 Å². The number of nitrogens with zero attached hydrogens (tertiary/aromatic N) is 1. The van der Waals surface area contributed by atoms with Crippen molar-refractivity contribution in [1.29, 1.82) is 0 Å². The molecule has 0 radical (unpaired) electrons. The molecule has 0 saturated carbocycles. The number of carboxylic acid groups (broad SMARTS) is 1. The van der Waals surface area contributed by atoms with Crippen LogP contribution in [0.15, 0.2) is 0 Å². The summed E-state index contributed by atoms with van der Waals surface area (Å²) in [5, 5.41) is 10.9. The van der Waals surface area contributed by atoms with Crippen molar-refractivity contribution in [3.8, 4) is 0 Å². The molecule has 0 amide bonds. The van der Waals surface area contributed by atoms with Crippen LogP contribution < -0.4 is 5.11 Å². The summed E-state index contributed by atoms with van der Waals surface area (Å²) in [6.07, 6.45) is 18.9. The van der Waals surface area contributed by atoms with Crippen LogP contribution in [0, 0.1) is 0 Å². The molecule has 0 aromatic rings. The molecule has 0 bridgehead atoms. The number of rotatable bonds is 21. The maximum absolute atomic E-state index is 12.0. The SMILES string of the molecule is CCCCCCCCCCCCCCCCCC(=O)OC(CC(=O)[O-])C[N+](C)(C)C. The zero-order valence-electron chi connectivity index (χ0n) is 20.4. The standard InChI is InChI=1S/C25H49NO4/c1-5-6-7-8-9-10-11-12-13-14-15-16-17-18-19-20-25(29)30-23(21-24(27)28)22-26(2,3)4/h23H,5-22H2,1-4H3. The number of hydrogen-bond acceptors (Lipinski definition) is 4. The fraction of sp³-hybridized carbons (Fsp3) is 0.920. The summed E-state index contributed by atoms with van der Waals surface area (Å²) in [7, 11) is 5.85. The Hall–Kier alpha value is -1.10. The lowest BCUT2D eigenvalue weighted by Gasteiger charge is -2.29. The van der Waals surface area contributed by atoms with Gasteiger partial charge in [0.25, 0.3) is 0 Å². The van der Waals surface area contributed by atoms with Crippen molar-refractivity contribution in [2.75, 3.05) is 27.7 Å². The average Bonchev–Trinajstić information content (AvgIpc) is 2.63. The normalized spacial score (nSPS) is 12.7. The summed E-state index contributed by atoms with van der Waals surface area (Å²) in [4.78, 5) is 22.9. The van der Waals surface area contributed by atoms with Crippen molar-refractivity contribution >= 4 is 11.9 Å². The highest BCUT2D eigenvalue weighted by atomic mass is 16.5. The lowest BCUT2D eigenvalue weighted by Crippen LogP contribution is -2.45. The molecule has 0 fully saturated rings. The monoisotopic (exact) mass is 427 g/mol. The average molecular weight is 428 g/mol. The van der Waals surface area contributed by atoms with Crippen LogP contribution in [0.2, 0.25) is 0 Å². The van der Waals surface area contributed by atoms with Crippen LogP contribution in [0.5, 0.6) is 0 Å². The van der Waals surface area contributed by atoms with Gasteiger partial charge in [-0.05, 0) is 6.42 Å². The summed E-state index contributed by atoms with van der Waals surface area (Å²) in [5.41, 5.74) is 0. The number of carbonyl (C=O) groups excluding carboxylic acids is 2. The summed E-state index contributed by atoms with van der Waals surface area (Å²) in [5.74, 6) is -1.46. The van der Waals surface area contributed by atoms with Crippen molar-refractivity contribution in [2.24, 2.45) is 0 Å². The molecule has 0 aliphatic heterocycles. The van der Waals surface area contributed by atoms with Gasteiger partial charge in [-0.1, -0.05) is 96.8 Å². The summed E-state index contributed by atoms with van der Waals surface area (Å²) in [6.45, 7) is 2.73. The van der Waals surface area contributed by atoms with Gasteiger partial charge in [0.05, 0.1) is 21.1 Å². The van der Waals surface area contributed by atoms with Crippen LogP contribution in [0.25, 0.3) is 0 Å². The number of ether oxygens (including phenoxy) is 1. The molecule has 0 saturated heterocycles.